The van der Waals surface area contributed by atoms with E-state index in [-0.39, 0.29) is 12.0 Å². The van der Waals surface area contributed by atoms with Crippen molar-refractivity contribution in [2.75, 3.05) is 20.2 Å². The van der Waals surface area contributed by atoms with Crippen molar-refractivity contribution in [2.45, 2.75) is 51.5 Å². The van der Waals surface area contributed by atoms with E-state index in [1.165, 1.54) is 32.8 Å². The van der Waals surface area contributed by atoms with Crippen molar-refractivity contribution in [1.29, 1.82) is 0 Å². The van der Waals surface area contributed by atoms with Gasteiger partial charge in [0.2, 0.25) is 0 Å². The van der Waals surface area contributed by atoms with E-state index >= 15 is 0 Å². The molecule has 0 saturated carbocycles. The maximum absolute atomic E-state index is 11.5. The molecule has 0 N–H and O–H groups in total. The van der Waals surface area contributed by atoms with Crippen molar-refractivity contribution >= 4 is 5.97 Å². The van der Waals surface area contributed by atoms with Gasteiger partial charge in [-0.1, -0.05) is 26.2 Å². The minimum absolute atomic E-state index is 0.0283. The molecule has 1 aliphatic heterocycles. The second kappa shape index (κ2) is 6.83. The number of unbranched alkanes of at least 4 members (excludes halogenated alkanes) is 2. The first-order chi connectivity index (χ1) is 7.29. The summed E-state index contributed by atoms with van der Waals surface area (Å²) in [4.78, 5) is 13.8. The van der Waals surface area contributed by atoms with Gasteiger partial charge in [-0.05, 0) is 32.4 Å². The molecule has 1 aliphatic rings. The molecule has 1 heterocycles. The third kappa shape index (κ3) is 3.82. The zero-order chi connectivity index (χ0) is 11.1. The lowest BCUT2D eigenvalue weighted by molar-refractivity contribution is -0.148. The fourth-order valence-electron chi connectivity index (χ4n) is 2.23. The third-order valence-electron chi connectivity index (χ3n) is 3.14. The molecule has 0 aromatic rings. The zero-order valence-corrected chi connectivity index (χ0v) is 10.00. The normalized spacial score (nSPS) is 22.7. The molecule has 1 atom stereocenters. The van der Waals surface area contributed by atoms with Crippen molar-refractivity contribution < 1.29 is 9.53 Å². The molecule has 1 fully saturated rings. The first kappa shape index (κ1) is 12.5. The molecule has 0 bridgehead atoms. The number of likely N-dealkylation sites (tertiary alicyclic amines) is 1. The van der Waals surface area contributed by atoms with Crippen molar-refractivity contribution in [3.05, 3.63) is 0 Å². The van der Waals surface area contributed by atoms with Gasteiger partial charge in [-0.3, -0.25) is 9.69 Å². The molecule has 0 aromatic heterocycles. The van der Waals surface area contributed by atoms with Gasteiger partial charge in [-0.2, -0.15) is 0 Å². The summed E-state index contributed by atoms with van der Waals surface area (Å²) in [6.07, 6.45) is 7.04. The summed E-state index contributed by atoms with van der Waals surface area (Å²) in [5.41, 5.74) is 0. The van der Waals surface area contributed by atoms with Crippen molar-refractivity contribution in [2.24, 2.45) is 0 Å². The van der Waals surface area contributed by atoms with Crippen LogP contribution in [0.4, 0.5) is 0 Å². The lowest BCUT2D eigenvalue weighted by atomic mass is 10.0. The molecule has 88 valence electrons. The molecule has 1 saturated heterocycles. The molecule has 0 amide bonds. The van der Waals surface area contributed by atoms with Gasteiger partial charge in [-0.25, -0.2) is 0 Å². The van der Waals surface area contributed by atoms with Crippen LogP contribution in [-0.4, -0.2) is 37.1 Å². The standard InChI is InChI=1S/C12H23NO2/c1-3-4-6-9-13-10-7-5-8-11(13)12(14)15-2/h11H,3-10H2,1-2H3/t11-/m1/s1. The molecule has 0 radical (unpaired) electrons. The molecule has 15 heavy (non-hydrogen) atoms. The first-order valence-corrected chi connectivity index (χ1v) is 6.11. The van der Waals surface area contributed by atoms with E-state index in [4.69, 9.17) is 4.74 Å². The van der Waals surface area contributed by atoms with E-state index in [1.807, 2.05) is 0 Å². The predicted molar refractivity (Wildman–Crippen MR) is 60.8 cm³/mol. The number of ether oxygens (including phenoxy) is 1. The van der Waals surface area contributed by atoms with E-state index < -0.39 is 0 Å². The molecule has 0 aliphatic carbocycles. The van der Waals surface area contributed by atoms with Crippen LogP contribution in [-0.2, 0) is 9.53 Å². The molecule has 3 heteroatoms. The highest BCUT2D eigenvalue weighted by Crippen LogP contribution is 2.18. The van der Waals surface area contributed by atoms with Crippen LogP contribution in [0.2, 0.25) is 0 Å². The van der Waals surface area contributed by atoms with Crippen LogP contribution in [0.5, 0.6) is 0 Å². The zero-order valence-electron chi connectivity index (χ0n) is 10.00. The van der Waals surface area contributed by atoms with Gasteiger partial charge in [-0.15, -0.1) is 0 Å². The molecule has 1 rings (SSSR count). The average Bonchev–Trinajstić information content (AvgIpc) is 2.29. The molecular formula is C12H23NO2. The Morgan fingerprint density at radius 2 is 2.20 bits per heavy atom. The number of hydrogen-bond donors (Lipinski definition) is 0. The Morgan fingerprint density at radius 3 is 2.87 bits per heavy atom. The number of rotatable bonds is 5. The summed E-state index contributed by atoms with van der Waals surface area (Å²) in [5.74, 6) is -0.0498. The fourth-order valence-corrected chi connectivity index (χ4v) is 2.23. The van der Waals surface area contributed by atoms with Crippen LogP contribution in [0.15, 0.2) is 0 Å². The Hall–Kier alpha value is -0.570. The highest BCUT2D eigenvalue weighted by molar-refractivity contribution is 5.75. The number of esters is 1. The lowest BCUT2D eigenvalue weighted by Gasteiger charge is -2.33. The van der Waals surface area contributed by atoms with Gasteiger partial charge in [0.1, 0.15) is 6.04 Å². The van der Waals surface area contributed by atoms with Crippen molar-refractivity contribution in [1.82, 2.24) is 4.90 Å². The van der Waals surface area contributed by atoms with Gasteiger partial charge in [0.05, 0.1) is 7.11 Å². The second-order valence-electron chi connectivity index (χ2n) is 4.28. The first-order valence-electron chi connectivity index (χ1n) is 6.11. The van der Waals surface area contributed by atoms with Crippen LogP contribution in [0, 0.1) is 0 Å². The largest absolute Gasteiger partial charge is 0.468 e. The maximum Gasteiger partial charge on any atom is 0.323 e. The molecular weight excluding hydrogens is 190 g/mol. The van der Waals surface area contributed by atoms with E-state index in [1.54, 1.807) is 0 Å². The Labute approximate surface area is 92.8 Å². The predicted octanol–water partition coefficient (Wildman–Crippen LogP) is 2.20. The van der Waals surface area contributed by atoms with Gasteiger partial charge < -0.3 is 4.74 Å². The smallest absolute Gasteiger partial charge is 0.323 e. The topological polar surface area (TPSA) is 29.5 Å². The average molecular weight is 213 g/mol. The summed E-state index contributed by atoms with van der Waals surface area (Å²) in [6, 6.07) is 0.0283. The maximum atomic E-state index is 11.5. The molecule has 0 spiro atoms. The van der Waals surface area contributed by atoms with Crippen LogP contribution in [0.25, 0.3) is 0 Å². The number of methoxy groups -OCH3 is 1. The minimum Gasteiger partial charge on any atom is -0.468 e. The summed E-state index contributed by atoms with van der Waals surface area (Å²) >= 11 is 0. The number of carbonyl (C=O) groups excluding carboxylic acids is 1. The van der Waals surface area contributed by atoms with Gasteiger partial charge >= 0.3 is 5.97 Å². The van der Waals surface area contributed by atoms with Gasteiger partial charge in [0, 0.05) is 0 Å². The summed E-state index contributed by atoms with van der Waals surface area (Å²) in [7, 11) is 1.49. The van der Waals surface area contributed by atoms with Crippen LogP contribution in [0.1, 0.15) is 45.4 Å². The monoisotopic (exact) mass is 213 g/mol. The third-order valence-corrected chi connectivity index (χ3v) is 3.14. The van der Waals surface area contributed by atoms with Crippen LogP contribution >= 0.6 is 0 Å². The van der Waals surface area contributed by atoms with E-state index in [0.29, 0.717) is 0 Å². The van der Waals surface area contributed by atoms with E-state index in [9.17, 15) is 4.79 Å². The van der Waals surface area contributed by atoms with Crippen LogP contribution < -0.4 is 0 Å². The van der Waals surface area contributed by atoms with Crippen molar-refractivity contribution in [3.8, 4) is 0 Å². The fraction of sp³-hybridized carbons (Fsp3) is 0.917. The second-order valence-corrected chi connectivity index (χ2v) is 4.28. The Kier molecular flexibility index (Phi) is 5.69. The number of nitrogens with zero attached hydrogens (tertiary/aromatic N) is 1. The summed E-state index contributed by atoms with van der Waals surface area (Å²) in [5, 5.41) is 0. The SMILES string of the molecule is CCCCCN1CCCC[C@@H]1C(=O)OC. The van der Waals surface area contributed by atoms with E-state index in [2.05, 4.69) is 11.8 Å². The van der Waals surface area contributed by atoms with E-state index in [0.717, 1.165) is 25.9 Å². The van der Waals surface area contributed by atoms with Gasteiger partial charge in [0.25, 0.3) is 0 Å². The molecule has 3 nitrogen and oxygen atoms in total. The number of carbonyl (C=O) groups is 1. The highest BCUT2D eigenvalue weighted by atomic mass is 16.5. The van der Waals surface area contributed by atoms with Gasteiger partial charge in [0.15, 0.2) is 0 Å². The minimum atomic E-state index is -0.0498. The van der Waals surface area contributed by atoms with Crippen LogP contribution in [0.3, 0.4) is 0 Å². The summed E-state index contributed by atoms with van der Waals surface area (Å²) in [6.45, 7) is 4.31. The Morgan fingerprint density at radius 1 is 1.40 bits per heavy atom. The summed E-state index contributed by atoms with van der Waals surface area (Å²) < 4.78 is 4.85. The molecule has 0 aromatic carbocycles. The Bertz CT molecular complexity index is 194. The molecule has 0 unspecified atom stereocenters. The number of hydrogen-bond acceptors (Lipinski definition) is 3. The Balaban J connectivity index is 2.39. The number of piperidine rings is 1. The lowest BCUT2D eigenvalue weighted by Crippen LogP contribution is -2.45. The van der Waals surface area contributed by atoms with Crippen molar-refractivity contribution in [3.63, 3.8) is 0 Å². The highest BCUT2D eigenvalue weighted by Gasteiger charge is 2.28. The quantitative estimate of drug-likeness (QED) is 0.518.